The van der Waals surface area contributed by atoms with E-state index < -0.39 is 6.04 Å². The highest BCUT2D eigenvalue weighted by Gasteiger charge is 2.56. The third-order valence-corrected chi connectivity index (χ3v) is 7.62. The maximum atomic E-state index is 13.6. The van der Waals surface area contributed by atoms with Gasteiger partial charge in [0.2, 0.25) is 11.8 Å². The molecule has 1 aliphatic heterocycles. The molecule has 6 rings (SSSR count). The predicted octanol–water partition coefficient (Wildman–Crippen LogP) is 3.49. The van der Waals surface area contributed by atoms with Gasteiger partial charge in [0.05, 0.1) is 12.6 Å². The van der Waals surface area contributed by atoms with Crippen molar-refractivity contribution in [2.24, 2.45) is 5.92 Å². The van der Waals surface area contributed by atoms with Crippen molar-refractivity contribution in [3.8, 4) is 17.1 Å². The normalized spacial score (nSPS) is 19.6. The number of carbonyl (C=O) groups is 3. The number of hydrogen-bond acceptors (Lipinski definition) is 8. The van der Waals surface area contributed by atoms with Gasteiger partial charge >= 0.3 is 6.01 Å². The van der Waals surface area contributed by atoms with E-state index in [1.165, 1.54) is 14.0 Å². The minimum Gasteiger partial charge on any atom is -0.467 e. The standard InChI is InChI=1S/C27H24BrN7O4/c1-14(36)25-18-8-15(17-11-29-27(39-2)30-12-17)6-7-19(18)34(33-25)13-24(37)35-20-9-16(20)10-21(35)26(38)32-23-5-3-4-22(28)31-23/h3-8,11-12,16,20-21H,9-10,13H2,1-2H3,(H,31,32,38)/t16-,20-,21+/m1/s1. The molecule has 3 atom stereocenters. The Hall–Kier alpha value is -4.19. The Labute approximate surface area is 231 Å². The van der Waals surface area contributed by atoms with E-state index in [9.17, 15) is 14.4 Å². The lowest BCUT2D eigenvalue weighted by Gasteiger charge is -2.26. The van der Waals surface area contributed by atoms with Gasteiger partial charge in [-0.2, -0.15) is 5.10 Å². The summed E-state index contributed by atoms with van der Waals surface area (Å²) in [5, 5.41) is 7.96. The summed E-state index contributed by atoms with van der Waals surface area (Å²) in [6.07, 6.45) is 4.78. The van der Waals surface area contributed by atoms with Crippen LogP contribution in [-0.4, -0.2) is 66.4 Å². The zero-order chi connectivity index (χ0) is 27.3. The van der Waals surface area contributed by atoms with Crippen molar-refractivity contribution >= 4 is 50.2 Å². The van der Waals surface area contributed by atoms with Gasteiger partial charge in [-0.05, 0) is 64.5 Å². The topological polar surface area (TPSA) is 132 Å². The highest BCUT2D eigenvalue weighted by atomic mass is 79.9. The zero-order valence-corrected chi connectivity index (χ0v) is 22.8. The van der Waals surface area contributed by atoms with Crippen LogP contribution in [0.25, 0.3) is 22.0 Å². The molecule has 2 fully saturated rings. The number of fused-ring (bicyclic) bond motifs is 2. The number of rotatable bonds is 7. The molecule has 12 heteroatoms. The highest BCUT2D eigenvalue weighted by Crippen LogP contribution is 2.48. The van der Waals surface area contributed by atoms with Crippen LogP contribution in [0.1, 0.15) is 30.3 Å². The summed E-state index contributed by atoms with van der Waals surface area (Å²) in [6.45, 7) is 1.36. The minimum absolute atomic E-state index is 0.0412. The molecule has 0 unspecified atom stereocenters. The Balaban J connectivity index is 1.26. The first-order valence-electron chi connectivity index (χ1n) is 12.4. The SMILES string of the molecule is COc1ncc(-c2ccc3c(c2)c(C(C)=O)nn3CC(=O)N2[C@@H]3C[C@@H]3C[C@H]2C(=O)Nc2cccc(Br)n2)cn1. The number of hydrogen-bond donors (Lipinski definition) is 1. The van der Waals surface area contributed by atoms with Crippen LogP contribution in [0.2, 0.25) is 0 Å². The summed E-state index contributed by atoms with van der Waals surface area (Å²) >= 11 is 3.31. The van der Waals surface area contributed by atoms with Crippen molar-refractivity contribution in [3.05, 3.63) is 59.1 Å². The molecular weight excluding hydrogens is 566 g/mol. The predicted molar refractivity (Wildman–Crippen MR) is 145 cm³/mol. The Bertz CT molecular complexity index is 1620. The first kappa shape index (κ1) is 25.1. The third kappa shape index (κ3) is 4.76. The van der Waals surface area contributed by atoms with Gasteiger partial charge in [-0.3, -0.25) is 19.1 Å². The number of nitrogens with zero attached hydrogens (tertiary/aromatic N) is 6. The molecule has 4 aromatic rings. The van der Waals surface area contributed by atoms with Crippen LogP contribution in [0.3, 0.4) is 0 Å². The molecule has 11 nitrogen and oxygen atoms in total. The average Bonchev–Trinajstić information content (AvgIpc) is 3.43. The van der Waals surface area contributed by atoms with Crippen LogP contribution < -0.4 is 10.1 Å². The van der Waals surface area contributed by atoms with E-state index in [0.717, 1.165) is 17.5 Å². The number of nitrogens with one attached hydrogen (secondary N) is 1. The largest absolute Gasteiger partial charge is 0.467 e. The molecule has 1 saturated carbocycles. The van der Waals surface area contributed by atoms with Crippen molar-refractivity contribution in [2.45, 2.75) is 38.4 Å². The van der Waals surface area contributed by atoms with Gasteiger partial charge in [-0.1, -0.05) is 12.1 Å². The molecule has 4 heterocycles. The second-order valence-corrected chi connectivity index (χ2v) is 10.5. The number of anilines is 1. The summed E-state index contributed by atoms with van der Waals surface area (Å²) in [4.78, 5) is 53.4. The van der Waals surface area contributed by atoms with Crippen LogP contribution in [0.5, 0.6) is 6.01 Å². The van der Waals surface area contributed by atoms with E-state index in [0.29, 0.717) is 33.7 Å². The maximum Gasteiger partial charge on any atom is 0.316 e. The Morgan fingerprint density at radius 2 is 1.90 bits per heavy atom. The van der Waals surface area contributed by atoms with E-state index in [4.69, 9.17) is 4.74 Å². The van der Waals surface area contributed by atoms with Crippen molar-refractivity contribution in [1.29, 1.82) is 0 Å². The van der Waals surface area contributed by atoms with Crippen LogP contribution in [0.15, 0.2) is 53.4 Å². The summed E-state index contributed by atoms with van der Waals surface area (Å²) in [7, 11) is 1.50. The molecule has 2 aliphatic rings. The number of ketones is 1. The number of pyridine rings is 1. The number of aromatic nitrogens is 5. The number of piperidine rings is 1. The molecule has 0 spiro atoms. The van der Waals surface area contributed by atoms with Gasteiger partial charge in [0.25, 0.3) is 0 Å². The van der Waals surface area contributed by atoms with E-state index in [2.05, 4.69) is 41.3 Å². The van der Waals surface area contributed by atoms with E-state index in [-0.39, 0.29) is 41.9 Å². The third-order valence-electron chi connectivity index (χ3n) is 7.17. The van der Waals surface area contributed by atoms with Crippen molar-refractivity contribution < 1.29 is 19.1 Å². The molecular formula is C27H24BrN7O4. The molecule has 0 radical (unpaired) electrons. The van der Waals surface area contributed by atoms with Gasteiger partial charge in [0.1, 0.15) is 28.7 Å². The lowest BCUT2D eigenvalue weighted by atomic mass is 10.0. The summed E-state index contributed by atoms with van der Waals surface area (Å²) in [6, 6.07) is 10.5. The molecule has 1 aromatic carbocycles. The quantitative estimate of drug-likeness (QED) is 0.256. The van der Waals surface area contributed by atoms with Gasteiger partial charge in [0.15, 0.2) is 5.78 Å². The molecule has 1 N–H and O–H groups in total. The summed E-state index contributed by atoms with van der Waals surface area (Å²) in [5.74, 6) is 0.0504. The molecule has 39 heavy (non-hydrogen) atoms. The number of carbonyl (C=O) groups excluding carboxylic acids is 3. The number of ether oxygens (including phenoxy) is 1. The van der Waals surface area contributed by atoms with Crippen LogP contribution >= 0.6 is 15.9 Å². The highest BCUT2D eigenvalue weighted by molar-refractivity contribution is 9.10. The average molecular weight is 590 g/mol. The first-order valence-corrected chi connectivity index (χ1v) is 13.2. The van der Waals surface area contributed by atoms with Crippen molar-refractivity contribution in [1.82, 2.24) is 29.6 Å². The number of halogens is 1. The summed E-state index contributed by atoms with van der Waals surface area (Å²) < 4.78 is 7.18. The molecule has 1 aliphatic carbocycles. The fourth-order valence-corrected chi connectivity index (χ4v) is 5.60. The van der Waals surface area contributed by atoms with Crippen LogP contribution in [-0.2, 0) is 16.1 Å². The Morgan fingerprint density at radius 1 is 1.10 bits per heavy atom. The number of methoxy groups -OCH3 is 1. The smallest absolute Gasteiger partial charge is 0.316 e. The minimum atomic E-state index is -0.585. The Morgan fingerprint density at radius 3 is 2.62 bits per heavy atom. The Kier molecular flexibility index (Phi) is 6.34. The van der Waals surface area contributed by atoms with Gasteiger partial charge in [-0.15, -0.1) is 0 Å². The number of benzene rings is 1. The first-order chi connectivity index (χ1) is 18.8. The second kappa shape index (κ2) is 9.84. The van der Waals surface area contributed by atoms with Crippen molar-refractivity contribution in [3.63, 3.8) is 0 Å². The van der Waals surface area contributed by atoms with Gasteiger partial charge in [-0.25, -0.2) is 15.0 Å². The maximum absolute atomic E-state index is 13.6. The molecule has 2 amide bonds. The summed E-state index contributed by atoms with van der Waals surface area (Å²) in [5.41, 5.74) is 2.48. The second-order valence-electron chi connectivity index (χ2n) is 9.70. The van der Waals surface area contributed by atoms with Gasteiger partial charge < -0.3 is 15.0 Å². The molecule has 198 valence electrons. The number of amides is 2. The number of likely N-dealkylation sites (tertiary alicyclic amines) is 1. The van der Waals surface area contributed by atoms with Crippen molar-refractivity contribution in [2.75, 3.05) is 12.4 Å². The lowest BCUT2D eigenvalue weighted by molar-refractivity contribution is -0.138. The zero-order valence-electron chi connectivity index (χ0n) is 21.2. The lowest BCUT2D eigenvalue weighted by Crippen LogP contribution is -2.46. The molecule has 3 aromatic heterocycles. The monoisotopic (exact) mass is 589 g/mol. The molecule has 0 bridgehead atoms. The van der Waals surface area contributed by atoms with Crippen LogP contribution in [0, 0.1) is 5.92 Å². The fraction of sp³-hybridized carbons (Fsp3) is 0.296. The van der Waals surface area contributed by atoms with Crippen LogP contribution in [0.4, 0.5) is 5.82 Å². The fourth-order valence-electron chi connectivity index (χ4n) is 5.26. The van der Waals surface area contributed by atoms with Gasteiger partial charge in [0, 0.05) is 36.3 Å². The van der Waals surface area contributed by atoms with E-state index in [1.54, 1.807) is 40.2 Å². The van der Waals surface area contributed by atoms with E-state index >= 15 is 0 Å². The number of Topliss-reactive ketones (excluding diaryl/α,β-unsaturated/α-hetero) is 1. The van der Waals surface area contributed by atoms with E-state index in [1.807, 2.05) is 18.2 Å². The molecule has 1 saturated heterocycles.